The molecule has 2 aromatic carbocycles. The summed E-state index contributed by atoms with van der Waals surface area (Å²) in [4.78, 5) is 15.5. The Balaban J connectivity index is 1.45. The number of nitrogens with zero attached hydrogens (tertiary/aromatic N) is 1. The molecule has 1 saturated heterocycles. The van der Waals surface area contributed by atoms with Gasteiger partial charge in [0.05, 0.1) is 13.2 Å². The van der Waals surface area contributed by atoms with Gasteiger partial charge in [0.15, 0.2) is 0 Å². The Kier molecular flexibility index (Phi) is 6.00. The fourth-order valence-corrected chi connectivity index (χ4v) is 4.47. The first kappa shape index (κ1) is 20.7. The van der Waals surface area contributed by atoms with Crippen molar-refractivity contribution in [2.75, 3.05) is 20.2 Å². The molecule has 0 aliphatic carbocycles. The van der Waals surface area contributed by atoms with E-state index in [-0.39, 0.29) is 17.6 Å². The highest BCUT2D eigenvalue weighted by Gasteiger charge is 2.35. The van der Waals surface area contributed by atoms with Crippen LogP contribution in [-0.4, -0.2) is 36.6 Å². The van der Waals surface area contributed by atoms with E-state index >= 15 is 0 Å². The Hall–Kier alpha value is -2.53. The van der Waals surface area contributed by atoms with Crippen molar-refractivity contribution >= 4 is 5.91 Å². The van der Waals surface area contributed by atoms with Crippen LogP contribution in [0.2, 0.25) is 0 Å². The monoisotopic (exact) mass is 408 g/mol. The molecule has 2 heterocycles. The van der Waals surface area contributed by atoms with E-state index in [0.29, 0.717) is 12.0 Å². The van der Waals surface area contributed by atoms with Gasteiger partial charge in [0.1, 0.15) is 17.1 Å². The van der Waals surface area contributed by atoms with Crippen molar-refractivity contribution < 1.29 is 14.3 Å². The minimum absolute atomic E-state index is 0.0519. The van der Waals surface area contributed by atoms with E-state index in [4.69, 9.17) is 9.47 Å². The zero-order valence-corrected chi connectivity index (χ0v) is 18.2. The summed E-state index contributed by atoms with van der Waals surface area (Å²) in [6, 6.07) is 13.7. The number of carbonyl (C=O) groups is 1. The molecule has 2 aliphatic rings. The fraction of sp³-hybridized carbons (Fsp3) is 0.480. The molecule has 0 bridgehead atoms. The van der Waals surface area contributed by atoms with Crippen molar-refractivity contribution in [1.82, 2.24) is 10.2 Å². The number of nitrogens with one attached hydrogen (secondary N) is 1. The first-order chi connectivity index (χ1) is 14.4. The number of methoxy groups -OCH3 is 1. The maximum atomic E-state index is 13.0. The Morgan fingerprint density at radius 2 is 1.87 bits per heavy atom. The van der Waals surface area contributed by atoms with Crippen LogP contribution >= 0.6 is 0 Å². The van der Waals surface area contributed by atoms with Gasteiger partial charge in [-0.15, -0.1) is 0 Å². The van der Waals surface area contributed by atoms with Crippen LogP contribution in [0, 0.1) is 0 Å². The van der Waals surface area contributed by atoms with Crippen LogP contribution in [0.5, 0.6) is 11.5 Å². The van der Waals surface area contributed by atoms with Crippen LogP contribution in [0.25, 0.3) is 0 Å². The summed E-state index contributed by atoms with van der Waals surface area (Å²) < 4.78 is 11.5. The number of fused-ring (bicyclic) bond motifs is 1. The maximum absolute atomic E-state index is 13.0. The molecule has 2 aliphatic heterocycles. The SMILES string of the molecule is COc1ccc2c(c1)OC(C)(C)C[C@@H]2NC(=O)c1ccc(CN2CCCCC2)cc1. The molecule has 2 aromatic rings. The van der Waals surface area contributed by atoms with Crippen molar-refractivity contribution in [2.45, 2.75) is 57.7 Å². The molecule has 1 fully saturated rings. The second-order valence-corrected chi connectivity index (χ2v) is 9.03. The second kappa shape index (κ2) is 8.68. The highest BCUT2D eigenvalue weighted by molar-refractivity contribution is 5.94. The topological polar surface area (TPSA) is 50.8 Å². The largest absolute Gasteiger partial charge is 0.497 e. The molecule has 1 N–H and O–H groups in total. The van der Waals surface area contributed by atoms with Gasteiger partial charge in [-0.2, -0.15) is 0 Å². The summed E-state index contributed by atoms with van der Waals surface area (Å²) in [7, 11) is 1.64. The third kappa shape index (κ3) is 4.78. The third-order valence-corrected chi connectivity index (χ3v) is 6.05. The van der Waals surface area contributed by atoms with E-state index in [0.717, 1.165) is 23.6 Å². The molecule has 0 radical (unpaired) electrons. The van der Waals surface area contributed by atoms with Crippen molar-refractivity contribution in [3.8, 4) is 11.5 Å². The minimum atomic E-state index is -0.365. The quantitative estimate of drug-likeness (QED) is 0.778. The van der Waals surface area contributed by atoms with Crippen LogP contribution in [0.1, 0.15) is 67.1 Å². The van der Waals surface area contributed by atoms with E-state index in [1.165, 1.54) is 37.9 Å². The zero-order chi connectivity index (χ0) is 21.1. The Morgan fingerprint density at radius 3 is 2.57 bits per heavy atom. The van der Waals surface area contributed by atoms with Crippen molar-refractivity contribution in [2.24, 2.45) is 0 Å². The van der Waals surface area contributed by atoms with Crippen LogP contribution in [0.4, 0.5) is 0 Å². The van der Waals surface area contributed by atoms with Gasteiger partial charge in [0.2, 0.25) is 0 Å². The lowest BCUT2D eigenvalue weighted by Gasteiger charge is -2.38. The van der Waals surface area contributed by atoms with E-state index in [9.17, 15) is 4.79 Å². The molecule has 30 heavy (non-hydrogen) atoms. The van der Waals surface area contributed by atoms with Crippen LogP contribution in [0.3, 0.4) is 0 Å². The molecule has 0 saturated carbocycles. The first-order valence-electron chi connectivity index (χ1n) is 10.9. The summed E-state index contributed by atoms with van der Waals surface area (Å²) in [6.45, 7) is 7.40. The number of piperidine rings is 1. The predicted octanol–water partition coefficient (Wildman–Crippen LogP) is 4.71. The van der Waals surface area contributed by atoms with Crippen LogP contribution in [-0.2, 0) is 6.54 Å². The molecule has 1 atom stereocenters. The molecule has 160 valence electrons. The van der Waals surface area contributed by atoms with Crippen molar-refractivity contribution in [3.63, 3.8) is 0 Å². The number of ether oxygens (including phenoxy) is 2. The third-order valence-electron chi connectivity index (χ3n) is 6.05. The van der Waals surface area contributed by atoms with Crippen molar-refractivity contribution in [1.29, 1.82) is 0 Å². The predicted molar refractivity (Wildman–Crippen MR) is 118 cm³/mol. The minimum Gasteiger partial charge on any atom is -0.497 e. The lowest BCUT2D eigenvalue weighted by Crippen LogP contribution is -2.41. The van der Waals surface area contributed by atoms with Gasteiger partial charge in [-0.05, 0) is 69.6 Å². The average molecular weight is 409 g/mol. The Labute approximate surface area is 179 Å². The zero-order valence-electron chi connectivity index (χ0n) is 18.2. The van der Waals surface area contributed by atoms with Gasteiger partial charge in [0, 0.05) is 30.2 Å². The second-order valence-electron chi connectivity index (χ2n) is 9.03. The van der Waals surface area contributed by atoms with E-state index in [1.807, 2.05) is 44.2 Å². The smallest absolute Gasteiger partial charge is 0.251 e. The Morgan fingerprint density at radius 1 is 1.13 bits per heavy atom. The Bertz CT molecular complexity index is 886. The van der Waals surface area contributed by atoms with E-state index < -0.39 is 0 Å². The first-order valence-corrected chi connectivity index (χ1v) is 10.9. The number of rotatable bonds is 5. The molecule has 5 nitrogen and oxygen atoms in total. The van der Waals surface area contributed by atoms with Gasteiger partial charge in [0.25, 0.3) is 5.91 Å². The summed E-state index contributed by atoms with van der Waals surface area (Å²) in [5, 5.41) is 3.22. The summed E-state index contributed by atoms with van der Waals surface area (Å²) in [6.07, 6.45) is 4.63. The molecule has 0 unspecified atom stereocenters. The normalized spacial score (nSPS) is 20.7. The lowest BCUT2D eigenvalue weighted by atomic mass is 9.89. The molecule has 1 amide bonds. The van der Waals surface area contributed by atoms with E-state index in [1.54, 1.807) is 7.11 Å². The van der Waals surface area contributed by atoms with Crippen LogP contribution in [0.15, 0.2) is 42.5 Å². The number of likely N-dealkylation sites (tertiary alicyclic amines) is 1. The summed E-state index contributed by atoms with van der Waals surface area (Å²) >= 11 is 0. The number of hydrogen-bond acceptors (Lipinski definition) is 4. The molecule has 5 heteroatoms. The van der Waals surface area contributed by atoms with Crippen LogP contribution < -0.4 is 14.8 Å². The molecular formula is C25H32N2O3. The summed E-state index contributed by atoms with van der Waals surface area (Å²) in [5.74, 6) is 1.47. The fourth-order valence-electron chi connectivity index (χ4n) is 4.47. The number of amides is 1. The van der Waals surface area contributed by atoms with Gasteiger partial charge < -0.3 is 14.8 Å². The van der Waals surface area contributed by atoms with E-state index in [2.05, 4.69) is 22.3 Å². The number of benzene rings is 2. The van der Waals surface area contributed by atoms with Gasteiger partial charge in [-0.1, -0.05) is 18.6 Å². The standard InChI is InChI=1S/C25H32N2O3/c1-25(2)16-22(21-12-11-20(29-3)15-23(21)30-25)26-24(28)19-9-7-18(8-10-19)17-27-13-5-4-6-14-27/h7-12,15,22H,4-6,13-14,16-17H2,1-3H3,(H,26,28)/t22-/m0/s1. The highest BCUT2D eigenvalue weighted by atomic mass is 16.5. The number of carbonyl (C=O) groups excluding carboxylic acids is 1. The maximum Gasteiger partial charge on any atom is 0.251 e. The average Bonchev–Trinajstić information content (AvgIpc) is 2.73. The molecule has 0 aromatic heterocycles. The van der Waals surface area contributed by atoms with Crippen molar-refractivity contribution in [3.05, 3.63) is 59.2 Å². The summed E-state index contributed by atoms with van der Waals surface area (Å²) in [5.41, 5.74) is 2.58. The lowest BCUT2D eigenvalue weighted by molar-refractivity contribution is 0.0617. The molecule has 4 rings (SSSR count). The number of hydrogen-bond donors (Lipinski definition) is 1. The molecular weight excluding hydrogens is 376 g/mol. The van der Waals surface area contributed by atoms with Gasteiger partial charge in [-0.25, -0.2) is 0 Å². The van der Waals surface area contributed by atoms with Gasteiger partial charge in [-0.3, -0.25) is 9.69 Å². The van der Waals surface area contributed by atoms with Gasteiger partial charge >= 0.3 is 0 Å². The molecule has 0 spiro atoms. The highest BCUT2D eigenvalue weighted by Crippen LogP contribution is 2.41.